The van der Waals surface area contributed by atoms with E-state index in [0.29, 0.717) is 11.7 Å². The van der Waals surface area contributed by atoms with Crippen molar-refractivity contribution in [2.75, 3.05) is 16.8 Å². The maximum atomic E-state index is 12.1. The highest BCUT2D eigenvalue weighted by Gasteiger charge is 2.09. The van der Waals surface area contributed by atoms with Crippen LogP contribution in [0.15, 0.2) is 45.1 Å². The van der Waals surface area contributed by atoms with Crippen molar-refractivity contribution in [3.63, 3.8) is 0 Å². The fourth-order valence-corrected chi connectivity index (χ4v) is 4.62. The lowest BCUT2D eigenvalue weighted by Gasteiger charge is -2.10. The first kappa shape index (κ1) is 20.0. The molecule has 7 heteroatoms. The standard InChI is InChI=1S/C18H23N3OS3/c1-5-13(4)14-6-8-15(9-7-14)19-16(22)11-24-18-21-20-17(25-18)23-10-12(2)3/h6-9,13H,2,5,10-11H2,1,3-4H3,(H,19,22)/t13-/m0/s1. The molecule has 1 aromatic carbocycles. The molecule has 0 fully saturated rings. The van der Waals surface area contributed by atoms with E-state index in [1.165, 1.54) is 28.7 Å². The second-order valence-corrected chi connectivity index (χ2v) is 9.27. The number of carbonyl (C=O) groups is 1. The molecule has 2 rings (SSSR count). The van der Waals surface area contributed by atoms with Gasteiger partial charge in [-0.25, -0.2) is 0 Å². The minimum Gasteiger partial charge on any atom is -0.325 e. The van der Waals surface area contributed by atoms with Gasteiger partial charge < -0.3 is 5.32 Å². The Morgan fingerprint density at radius 1 is 1.20 bits per heavy atom. The van der Waals surface area contributed by atoms with Crippen molar-refractivity contribution in [1.82, 2.24) is 10.2 Å². The Morgan fingerprint density at radius 2 is 1.80 bits per heavy atom. The highest BCUT2D eigenvalue weighted by atomic mass is 32.2. The molecule has 1 heterocycles. The number of hydrogen-bond acceptors (Lipinski definition) is 6. The number of carbonyl (C=O) groups excluding carboxylic acids is 1. The fourth-order valence-electron chi connectivity index (χ4n) is 1.95. The smallest absolute Gasteiger partial charge is 0.234 e. The molecular formula is C18H23N3OS3. The van der Waals surface area contributed by atoms with Crippen LogP contribution in [-0.4, -0.2) is 27.6 Å². The van der Waals surface area contributed by atoms with Gasteiger partial charge in [0.1, 0.15) is 0 Å². The molecule has 4 nitrogen and oxygen atoms in total. The van der Waals surface area contributed by atoms with E-state index < -0.39 is 0 Å². The Morgan fingerprint density at radius 3 is 2.36 bits per heavy atom. The van der Waals surface area contributed by atoms with Crippen molar-refractivity contribution in [2.24, 2.45) is 0 Å². The van der Waals surface area contributed by atoms with Crippen LogP contribution in [0, 0.1) is 0 Å². The zero-order chi connectivity index (χ0) is 18.2. The Labute approximate surface area is 161 Å². The topological polar surface area (TPSA) is 54.9 Å². The molecule has 25 heavy (non-hydrogen) atoms. The molecule has 0 radical (unpaired) electrons. The van der Waals surface area contributed by atoms with E-state index in [0.717, 1.165) is 32.1 Å². The van der Waals surface area contributed by atoms with Crippen molar-refractivity contribution >= 4 is 46.5 Å². The predicted octanol–water partition coefficient (Wildman–Crippen LogP) is 5.45. The van der Waals surface area contributed by atoms with Crippen LogP contribution in [0.2, 0.25) is 0 Å². The highest BCUT2D eigenvalue weighted by molar-refractivity contribution is 8.03. The summed E-state index contributed by atoms with van der Waals surface area (Å²) in [5, 5.41) is 11.2. The van der Waals surface area contributed by atoms with Crippen molar-refractivity contribution in [3.8, 4) is 0 Å². The summed E-state index contributed by atoms with van der Waals surface area (Å²) in [6, 6.07) is 8.07. The third kappa shape index (κ3) is 6.84. The summed E-state index contributed by atoms with van der Waals surface area (Å²) >= 11 is 4.55. The summed E-state index contributed by atoms with van der Waals surface area (Å²) < 4.78 is 1.72. The largest absolute Gasteiger partial charge is 0.325 e. The van der Waals surface area contributed by atoms with E-state index in [1.54, 1.807) is 11.8 Å². The first-order chi connectivity index (χ1) is 12.0. The number of aromatic nitrogens is 2. The minimum absolute atomic E-state index is 0.0346. The van der Waals surface area contributed by atoms with Gasteiger partial charge >= 0.3 is 0 Å². The highest BCUT2D eigenvalue weighted by Crippen LogP contribution is 2.29. The Balaban J connectivity index is 1.79. The van der Waals surface area contributed by atoms with E-state index in [-0.39, 0.29) is 5.91 Å². The second kappa shape index (κ2) is 9.99. The Kier molecular flexibility index (Phi) is 7.99. The second-order valence-electron chi connectivity index (χ2n) is 5.85. The van der Waals surface area contributed by atoms with E-state index >= 15 is 0 Å². The van der Waals surface area contributed by atoms with E-state index in [9.17, 15) is 4.79 Å². The van der Waals surface area contributed by atoms with Crippen LogP contribution < -0.4 is 5.32 Å². The van der Waals surface area contributed by atoms with Crippen LogP contribution in [0.4, 0.5) is 5.69 Å². The average molecular weight is 394 g/mol. The number of nitrogens with one attached hydrogen (secondary N) is 1. The monoisotopic (exact) mass is 393 g/mol. The quantitative estimate of drug-likeness (QED) is 0.453. The summed E-state index contributed by atoms with van der Waals surface area (Å²) in [7, 11) is 0. The van der Waals surface area contributed by atoms with E-state index in [4.69, 9.17) is 0 Å². The first-order valence-electron chi connectivity index (χ1n) is 8.11. The third-order valence-electron chi connectivity index (χ3n) is 3.53. The van der Waals surface area contributed by atoms with Crippen LogP contribution in [-0.2, 0) is 4.79 Å². The number of rotatable bonds is 9. The predicted molar refractivity (Wildman–Crippen MR) is 110 cm³/mol. The van der Waals surface area contributed by atoms with Crippen LogP contribution in [0.25, 0.3) is 0 Å². The molecule has 0 saturated heterocycles. The lowest BCUT2D eigenvalue weighted by Crippen LogP contribution is -2.13. The van der Waals surface area contributed by atoms with Gasteiger partial charge in [0.15, 0.2) is 8.68 Å². The molecule has 0 aliphatic carbocycles. The summed E-state index contributed by atoms with van der Waals surface area (Å²) in [5.41, 5.74) is 3.23. The average Bonchev–Trinajstić information content (AvgIpc) is 3.06. The number of anilines is 1. The molecule has 1 atom stereocenters. The van der Waals surface area contributed by atoms with Gasteiger partial charge in [0.25, 0.3) is 0 Å². The molecule has 0 spiro atoms. The number of nitrogens with zero attached hydrogens (tertiary/aromatic N) is 2. The summed E-state index contributed by atoms with van der Waals surface area (Å²) in [4.78, 5) is 12.1. The first-order valence-corrected chi connectivity index (χ1v) is 10.9. The molecule has 1 aromatic heterocycles. The van der Waals surface area contributed by atoms with Crippen molar-refractivity contribution in [3.05, 3.63) is 42.0 Å². The van der Waals surface area contributed by atoms with E-state index in [1.807, 2.05) is 19.1 Å². The zero-order valence-corrected chi connectivity index (χ0v) is 17.2. The van der Waals surface area contributed by atoms with Crippen LogP contribution in [0.1, 0.15) is 38.7 Å². The maximum absolute atomic E-state index is 12.1. The van der Waals surface area contributed by atoms with Gasteiger partial charge in [0, 0.05) is 11.4 Å². The number of amides is 1. The molecule has 2 aromatic rings. The molecule has 0 unspecified atom stereocenters. The minimum atomic E-state index is -0.0346. The zero-order valence-electron chi connectivity index (χ0n) is 14.7. The SMILES string of the molecule is C=C(C)CSc1nnc(SCC(=O)Nc2ccc([C@@H](C)CC)cc2)s1. The Hall–Kier alpha value is -1.31. The summed E-state index contributed by atoms with van der Waals surface area (Å²) in [5.74, 6) is 1.67. The van der Waals surface area contributed by atoms with Gasteiger partial charge in [0.2, 0.25) is 5.91 Å². The van der Waals surface area contributed by atoms with Crippen molar-refractivity contribution < 1.29 is 4.79 Å². The normalized spacial score (nSPS) is 12.0. The third-order valence-corrected chi connectivity index (χ3v) is 6.95. The lowest BCUT2D eigenvalue weighted by molar-refractivity contribution is -0.113. The van der Waals surface area contributed by atoms with Gasteiger partial charge in [-0.3, -0.25) is 4.79 Å². The summed E-state index contributed by atoms with van der Waals surface area (Å²) in [6.45, 7) is 10.2. The molecule has 134 valence electrons. The van der Waals surface area contributed by atoms with Gasteiger partial charge in [-0.1, -0.05) is 73.0 Å². The van der Waals surface area contributed by atoms with Gasteiger partial charge in [0.05, 0.1) is 5.75 Å². The van der Waals surface area contributed by atoms with Gasteiger partial charge in [-0.05, 0) is 37.0 Å². The molecule has 0 saturated carbocycles. The number of hydrogen-bond donors (Lipinski definition) is 1. The maximum Gasteiger partial charge on any atom is 0.234 e. The molecular weight excluding hydrogens is 370 g/mol. The fraction of sp³-hybridized carbons (Fsp3) is 0.389. The molecule has 1 amide bonds. The van der Waals surface area contributed by atoms with E-state index in [2.05, 4.69) is 48.1 Å². The molecule has 0 bridgehead atoms. The Bertz CT molecular complexity index is 713. The van der Waals surface area contributed by atoms with Gasteiger partial charge in [-0.15, -0.1) is 10.2 Å². The lowest BCUT2D eigenvalue weighted by atomic mass is 9.99. The summed E-state index contributed by atoms with van der Waals surface area (Å²) in [6.07, 6.45) is 1.11. The van der Waals surface area contributed by atoms with Crippen molar-refractivity contribution in [2.45, 2.75) is 41.8 Å². The van der Waals surface area contributed by atoms with Gasteiger partial charge in [-0.2, -0.15) is 0 Å². The van der Waals surface area contributed by atoms with Crippen LogP contribution in [0.3, 0.4) is 0 Å². The number of benzene rings is 1. The molecule has 0 aliphatic rings. The van der Waals surface area contributed by atoms with Crippen LogP contribution in [0.5, 0.6) is 0 Å². The van der Waals surface area contributed by atoms with Crippen molar-refractivity contribution in [1.29, 1.82) is 0 Å². The molecule has 0 aliphatic heterocycles. The van der Waals surface area contributed by atoms with Crippen LogP contribution >= 0.6 is 34.9 Å². The number of thioether (sulfide) groups is 2. The molecule has 1 N–H and O–H groups in total.